The van der Waals surface area contributed by atoms with E-state index >= 15 is 0 Å². The molecule has 3 rings (SSSR count). The van der Waals surface area contributed by atoms with Gasteiger partial charge in [-0.15, -0.1) is 0 Å². The lowest BCUT2D eigenvalue weighted by Gasteiger charge is -2.44. The molecular weight excluding hydrogens is 250 g/mol. The minimum Gasteiger partial charge on any atom is -0.383 e. The number of hydrogen-bond acceptors (Lipinski definition) is 5. The fraction of sp³-hybridized carbons (Fsp3) is 0.733. The topological polar surface area (TPSA) is 58.3 Å². The van der Waals surface area contributed by atoms with Crippen molar-refractivity contribution < 1.29 is 0 Å². The van der Waals surface area contributed by atoms with E-state index in [4.69, 9.17) is 10.7 Å². The fourth-order valence-electron chi connectivity index (χ4n) is 3.38. The number of piperazine rings is 1. The number of nitrogens with zero attached hydrogens (tertiary/aromatic N) is 4. The van der Waals surface area contributed by atoms with Gasteiger partial charge in [0.15, 0.2) is 0 Å². The van der Waals surface area contributed by atoms with Crippen molar-refractivity contribution in [3.8, 4) is 0 Å². The minimum atomic E-state index is 0.637. The van der Waals surface area contributed by atoms with Gasteiger partial charge in [-0.2, -0.15) is 0 Å². The number of anilines is 2. The first-order chi connectivity index (χ1) is 9.69. The van der Waals surface area contributed by atoms with Gasteiger partial charge in [0.1, 0.15) is 17.5 Å². The largest absolute Gasteiger partial charge is 0.383 e. The lowest BCUT2D eigenvalue weighted by molar-refractivity contribution is 0.133. The highest BCUT2D eigenvalue weighted by Crippen LogP contribution is 2.27. The van der Waals surface area contributed by atoms with Crippen LogP contribution in [0.4, 0.5) is 11.6 Å². The van der Waals surface area contributed by atoms with Crippen molar-refractivity contribution in [1.82, 2.24) is 14.9 Å². The van der Waals surface area contributed by atoms with Gasteiger partial charge in [-0.05, 0) is 26.3 Å². The molecule has 2 fully saturated rings. The fourth-order valence-corrected chi connectivity index (χ4v) is 3.38. The van der Waals surface area contributed by atoms with E-state index in [0.29, 0.717) is 11.9 Å². The molecule has 0 spiro atoms. The van der Waals surface area contributed by atoms with Crippen molar-refractivity contribution >= 4 is 11.6 Å². The minimum absolute atomic E-state index is 0.637. The highest BCUT2D eigenvalue weighted by molar-refractivity contribution is 5.56. The second-order valence-electron chi connectivity index (χ2n) is 5.96. The van der Waals surface area contributed by atoms with Crippen molar-refractivity contribution in [3.05, 3.63) is 11.4 Å². The Bertz CT molecular complexity index is 487. The number of aromatic nitrogens is 2. The van der Waals surface area contributed by atoms with Gasteiger partial charge in [0, 0.05) is 37.7 Å². The van der Waals surface area contributed by atoms with Crippen molar-refractivity contribution in [1.29, 1.82) is 0 Å². The number of fused-ring (bicyclic) bond motifs is 1. The molecule has 0 aliphatic carbocycles. The Morgan fingerprint density at radius 1 is 1.20 bits per heavy atom. The van der Waals surface area contributed by atoms with Crippen LogP contribution >= 0.6 is 0 Å². The molecule has 1 atom stereocenters. The van der Waals surface area contributed by atoms with Crippen molar-refractivity contribution in [3.63, 3.8) is 0 Å². The Kier molecular flexibility index (Phi) is 3.78. The predicted molar refractivity (Wildman–Crippen MR) is 82.0 cm³/mol. The summed E-state index contributed by atoms with van der Waals surface area (Å²) in [6.07, 6.45) is 4.87. The molecular formula is C15H25N5. The zero-order valence-electron chi connectivity index (χ0n) is 12.6. The van der Waals surface area contributed by atoms with Gasteiger partial charge in [0.05, 0.1) is 0 Å². The Morgan fingerprint density at radius 2 is 2.05 bits per heavy atom. The van der Waals surface area contributed by atoms with E-state index in [1.807, 2.05) is 6.92 Å². The summed E-state index contributed by atoms with van der Waals surface area (Å²) in [7, 11) is 0. The van der Waals surface area contributed by atoms with Gasteiger partial charge in [-0.1, -0.05) is 13.3 Å². The van der Waals surface area contributed by atoms with E-state index in [1.165, 1.54) is 25.8 Å². The van der Waals surface area contributed by atoms with Crippen LogP contribution in [0.25, 0.3) is 0 Å². The molecule has 0 amide bonds. The third-order valence-electron chi connectivity index (χ3n) is 4.66. The lowest BCUT2D eigenvalue weighted by atomic mass is 9.99. The molecule has 0 bridgehead atoms. The number of rotatable bonds is 2. The third-order valence-corrected chi connectivity index (χ3v) is 4.66. The average Bonchev–Trinajstić information content (AvgIpc) is 2.49. The van der Waals surface area contributed by atoms with E-state index in [1.54, 1.807) is 0 Å². The monoisotopic (exact) mass is 275 g/mol. The van der Waals surface area contributed by atoms with Crippen LogP contribution in [0.3, 0.4) is 0 Å². The molecule has 0 radical (unpaired) electrons. The van der Waals surface area contributed by atoms with E-state index in [9.17, 15) is 0 Å². The van der Waals surface area contributed by atoms with Crippen LogP contribution in [0.15, 0.2) is 0 Å². The van der Waals surface area contributed by atoms with Gasteiger partial charge in [0.2, 0.25) is 0 Å². The standard InChI is InChI=1S/C15H25N5/c1-3-13-17-14(16)11(2)15(18-13)20-9-8-19-7-5-4-6-12(19)10-20/h12H,3-10H2,1-2H3,(H2,16,17,18). The summed E-state index contributed by atoms with van der Waals surface area (Å²) in [6.45, 7) is 8.67. The van der Waals surface area contributed by atoms with Crippen LogP contribution in [0, 0.1) is 6.92 Å². The number of nitrogens with two attached hydrogens (primary N) is 1. The van der Waals surface area contributed by atoms with E-state index < -0.39 is 0 Å². The van der Waals surface area contributed by atoms with Crippen LogP contribution in [0.2, 0.25) is 0 Å². The molecule has 2 aliphatic rings. The Hall–Kier alpha value is -1.36. The van der Waals surface area contributed by atoms with Crippen LogP contribution in [-0.2, 0) is 6.42 Å². The summed E-state index contributed by atoms with van der Waals surface area (Å²) in [5, 5.41) is 0. The van der Waals surface area contributed by atoms with Crippen molar-refractivity contribution in [2.45, 2.75) is 45.6 Å². The van der Waals surface area contributed by atoms with E-state index in [2.05, 4.69) is 21.7 Å². The summed E-state index contributed by atoms with van der Waals surface area (Å²) in [4.78, 5) is 14.1. The predicted octanol–water partition coefficient (Wildman–Crippen LogP) is 1.60. The molecule has 5 heteroatoms. The summed E-state index contributed by atoms with van der Waals surface area (Å²) in [5.41, 5.74) is 7.08. The van der Waals surface area contributed by atoms with Gasteiger partial charge in [-0.25, -0.2) is 9.97 Å². The Balaban J connectivity index is 1.84. The molecule has 110 valence electrons. The number of nitrogen functional groups attached to an aromatic ring is 1. The first-order valence-electron chi connectivity index (χ1n) is 7.81. The molecule has 1 unspecified atom stereocenters. The summed E-state index contributed by atoms with van der Waals surface area (Å²) >= 11 is 0. The highest BCUT2D eigenvalue weighted by atomic mass is 15.3. The van der Waals surface area contributed by atoms with Crippen LogP contribution in [0.5, 0.6) is 0 Å². The molecule has 1 aromatic rings. The van der Waals surface area contributed by atoms with Gasteiger partial charge >= 0.3 is 0 Å². The van der Waals surface area contributed by atoms with Crippen molar-refractivity contribution in [2.75, 3.05) is 36.8 Å². The molecule has 2 aliphatic heterocycles. The molecule has 3 heterocycles. The Labute approximate surface area is 121 Å². The number of aryl methyl sites for hydroxylation is 1. The summed E-state index contributed by atoms with van der Waals surface area (Å²) < 4.78 is 0. The zero-order chi connectivity index (χ0) is 14.1. The first kappa shape index (κ1) is 13.6. The molecule has 0 saturated carbocycles. The van der Waals surface area contributed by atoms with Crippen LogP contribution in [-0.4, -0.2) is 47.1 Å². The maximum Gasteiger partial charge on any atom is 0.137 e. The van der Waals surface area contributed by atoms with Gasteiger partial charge < -0.3 is 10.6 Å². The maximum atomic E-state index is 6.05. The van der Waals surface area contributed by atoms with E-state index in [-0.39, 0.29) is 0 Å². The quantitative estimate of drug-likeness (QED) is 0.888. The lowest BCUT2D eigenvalue weighted by Crippen LogP contribution is -2.55. The molecule has 5 nitrogen and oxygen atoms in total. The first-order valence-corrected chi connectivity index (χ1v) is 7.81. The summed E-state index contributed by atoms with van der Waals surface area (Å²) in [5.74, 6) is 2.55. The normalized spacial score (nSPS) is 23.7. The van der Waals surface area contributed by atoms with Crippen molar-refractivity contribution in [2.24, 2.45) is 0 Å². The zero-order valence-corrected chi connectivity index (χ0v) is 12.6. The van der Waals surface area contributed by atoms with Crippen LogP contribution < -0.4 is 10.6 Å². The SMILES string of the molecule is CCc1nc(N)c(C)c(N2CCN3CCCCC3C2)n1. The second-order valence-corrected chi connectivity index (χ2v) is 5.96. The third kappa shape index (κ3) is 2.46. The van der Waals surface area contributed by atoms with Crippen LogP contribution in [0.1, 0.15) is 37.6 Å². The Morgan fingerprint density at radius 3 is 2.85 bits per heavy atom. The molecule has 1 aromatic heterocycles. The van der Waals surface area contributed by atoms with Gasteiger partial charge in [0.25, 0.3) is 0 Å². The molecule has 20 heavy (non-hydrogen) atoms. The molecule has 2 saturated heterocycles. The molecule has 0 aromatic carbocycles. The van der Waals surface area contributed by atoms with Gasteiger partial charge in [-0.3, -0.25) is 4.90 Å². The summed E-state index contributed by atoms with van der Waals surface area (Å²) in [6, 6.07) is 0.693. The van der Waals surface area contributed by atoms with E-state index in [0.717, 1.165) is 43.3 Å². The highest BCUT2D eigenvalue weighted by Gasteiger charge is 2.30. The number of piperidine rings is 1. The number of hydrogen-bond donors (Lipinski definition) is 1. The second kappa shape index (κ2) is 5.56. The molecule has 2 N–H and O–H groups in total. The average molecular weight is 275 g/mol. The smallest absolute Gasteiger partial charge is 0.137 e. The maximum absolute atomic E-state index is 6.05.